The first-order chi connectivity index (χ1) is 5.20. The van der Waals surface area contributed by atoms with Crippen LogP contribution < -0.4 is 0 Å². The summed E-state index contributed by atoms with van der Waals surface area (Å²) in [6.07, 6.45) is 0. The first kappa shape index (κ1) is 12.2. The lowest BCUT2D eigenvalue weighted by atomic mass is 10.2. The largest absolute Gasteiger partial charge is 0.228 e. The van der Waals surface area contributed by atoms with Gasteiger partial charge in [-0.25, -0.2) is 8.42 Å². The van der Waals surface area contributed by atoms with Gasteiger partial charge < -0.3 is 0 Å². The highest BCUT2D eigenvalue weighted by Gasteiger charge is 2.29. The fraction of sp³-hybridized carbons (Fsp3) is 1.00. The number of rotatable bonds is 3. The Labute approximate surface area is 80.2 Å². The van der Waals surface area contributed by atoms with Crippen LogP contribution in [-0.4, -0.2) is 24.8 Å². The van der Waals surface area contributed by atoms with E-state index in [-0.39, 0.29) is 11.7 Å². The highest BCUT2D eigenvalue weighted by molar-refractivity contribution is 7.92. The summed E-state index contributed by atoms with van der Waals surface area (Å²) in [6.45, 7) is 6.98. The molecule has 0 aliphatic heterocycles. The summed E-state index contributed by atoms with van der Waals surface area (Å²) in [5.74, 6) is 0.617. The maximum Gasteiger partial charge on any atom is 0.155 e. The van der Waals surface area contributed by atoms with E-state index in [4.69, 9.17) is 11.6 Å². The molecule has 4 heteroatoms. The molecular formula is C8H17ClO2S. The second-order valence-electron chi connectivity index (χ2n) is 4.15. The van der Waals surface area contributed by atoms with Gasteiger partial charge in [-0.2, -0.15) is 0 Å². The van der Waals surface area contributed by atoms with Gasteiger partial charge in [0.15, 0.2) is 9.84 Å². The van der Waals surface area contributed by atoms with Gasteiger partial charge in [-0.05, 0) is 26.7 Å². The zero-order chi connectivity index (χ0) is 9.99. The van der Waals surface area contributed by atoms with E-state index in [2.05, 4.69) is 0 Å². The van der Waals surface area contributed by atoms with Gasteiger partial charge in [0, 0.05) is 5.88 Å². The number of sulfone groups is 1. The average molecular weight is 213 g/mol. The van der Waals surface area contributed by atoms with Crippen LogP contribution in [0.3, 0.4) is 0 Å². The normalized spacial score (nSPS) is 16.1. The SMILES string of the molecule is CC(CCl)CS(=O)(=O)C(C)(C)C. The van der Waals surface area contributed by atoms with Gasteiger partial charge in [0.25, 0.3) is 0 Å². The maximum atomic E-state index is 11.6. The molecule has 0 rings (SSSR count). The van der Waals surface area contributed by atoms with Crippen LogP contribution in [0.1, 0.15) is 27.7 Å². The molecule has 1 unspecified atom stereocenters. The fourth-order valence-corrected chi connectivity index (χ4v) is 2.27. The minimum atomic E-state index is -2.99. The zero-order valence-electron chi connectivity index (χ0n) is 8.09. The van der Waals surface area contributed by atoms with Crippen molar-refractivity contribution in [2.45, 2.75) is 32.4 Å². The molecule has 0 aromatic rings. The molecule has 0 N–H and O–H groups in total. The number of alkyl halides is 1. The summed E-state index contributed by atoms with van der Waals surface area (Å²) in [7, 11) is -2.99. The molecule has 0 heterocycles. The van der Waals surface area contributed by atoms with Crippen molar-refractivity contribution in [2.24, 2.45) is 5.92 Å². The molecule has 0 bridgehead atoms. The monoisotopic (exact) mass is 212 g/mol. The molecule has 0 saturated heterocycles. The topological polar surface area (TPSA) is 34.1 Å². The molecule has 12 heavy (non-hydrogen) atoms. The lowest BCUT2D eigenvalue weighted by Gasteiger charge is -2.20. The summed E-state index contributed by atoms with van der Waals surface area (Å²) in [5, 5.41) is 0. The third-order valence-corrected chi connectivity index (χ3v) is 5.10. The molecule has 0 amide bonds. The van der Waals surface area contributed by atoms with Crippen molar-refractivity contribution in [3.63, 3.8) is 0 Å². The number of hydrogen-bond acceptors (Lipinski definition) is 2. The molecule has 2 nitrogen and oxygen atoms in total. The summed E-state index contributed by atoms with van der Waals surface area (Å²) < 4.78 is 22.5. The molecule has 0 fully saturated rings. The molecule has 0 radical (unpaired) electrons. The van der Waals surface area contributed by atoms with E-state index in [0.29, 0.717) is 5.88 Å². The van der Waals surface area contributed by atoms with Crippen LogP contribution in [0.4, 0.5) is 0 Å². The van der Waals surface area contributed by atoms with E-state index in [1.807, 2.05) is 6.92 Å². The Morgan fingerprint density at radius 3 is 2.00 bits per heavy atom. The Morgan fingerprint density at radius 1 is 1.33 bits per heavy atom. The van der Waals surface area contributed by atoms with Crippen LogP contribution in [-0.2, 0) is 9.84 Å². The second-order valence-corrected chi connectivity index (χ2v) is 7.25. The third kappa shape index (κ3) is 3.31. The van der Waals surface area contributed by atoms with E-state index in [1.165, 1.54) is 0 Å². The molecule has 0 aliphatic rings. The van der Waals surface area contributed by atoms with Gasteiger partial charge in [0.1, 0.15) is 0 Å². The van der Waals surface area contributed by atoms with E-state index < -0.39 is 14.6 Å². The van der Waals surface area contributed by atoms with Crippen molar-refractivity contribution in [1.82, 2.24) is 0 Å². The van der Waals surface area contributed by atoms with Crippen molar-refractivity contribution in [1.29, 1.82) is 0 Å². The summed E-state index contributed by atoms with van der Waals surface area (Å²) in [4.78, 5) is 0. The predicted molar refractivity (Wildman–Crippen MR) is 53.4 cm³/mol. The molecule has 0 aromatic carbocycles. The smallest absolute Gasteiger partial charge is 0.155 e. The van der Waals surface area contributed by atoms with Crippen molar-refractivity contribution in [2.75, 3.05) is 11.6 Å². The van der Waals surface area contributed by atoms with Gasteiger partial charge in [0.2, 0.25) is 0 Å². The Morgan fingerprint density at radius 2 is 1.75 bits per heavy atom. The van der Waals surface area contributed by atoms with Crippen molar-refractivity contribution >= 4 is 21.4 Å². The van der Waals surface area contributed by atoms with Crippen LogP contribution in [0.15, 0.2) is 0 Å². The first-order valence-electron chi connectivity index (χ1n) is 3.99. The van der Waals surface area contributed by atoms with Crippen molar-refractivity contribution < 1.29 is 8.42 Å². The van der Waals surface area contributed by atoms with Gasteiger partial charge in [-0.3, -0.25) is 0 Å². The van der Waals surface area contributed by atoms with Gasteiger partial charge in [-0.1, -0.05) is 6.92 Å². The first-order valence-corrected chi connectivity index (χ1v) is 6.17. The van der Waals surface area contributed by atoms with Gasteiger partial charge in [-0.15, -0.1) is 11.6 Å². The Kier molecular flexibility index (Phi) is 4.04. The minimum absolute atomic E-state index is 0.0379. The average Bonchev–Trinajstić information content (AvgIpc) is 1.84. The number of hydrogen-bond donors (Lipinski definition) is 0. The van der Waals surface area contributed by atoms with Gasteiger partial charge in [0.05, 0.1) is 10.5 Å². The van der Waals surface area contributed by atoms with Crippen LogP contribution in [0, 0.1) is 5.92 Å². The van der Waals surface area contributed by atoms with Crippen molar-refractivity contribution in [3.8, 4) is 0 Å². The summed E-state index contributed by atoms with van der Waals surface area (Å²) >= 11 is 5.54. The standard InChI is InChI=1S/C8H17ClO2S/c1-7(5-9)6-12(10,11)8(2,3)4/h7H,5-6H2,1-4H3. The van der Waals surface area contributed by atoms with Crippen molar-refractivity contribution in [3.05, 3.63) is 0 Å². The van der Waals surface area contributed by atoms with E-state index in [0.717, 1.165) is 0 Å². The lowest BCUT2D eigenvalue weighted by Crippen LogP contribution is -2.33. The maximum absolute atomic E-state index is 11.6. The van der Waals surface area contributed by atoms with Crippen LogP contribution in [0.2, 0.25) is 0 Å². The molecular weight excluding hydrogens is 196 g/mol. The van der Waals surface area contributed by atoms with Crippen LogP contribution >= 0.6 is 11.6 Å². The lowest BCUT2D eigenvalue weighted by molar-refractivity contribution is 0.548. The Hall–Kier alpha value is 0.240. The van der Waals surface area contributed by atoms with Gasteiger partial charge >= 0.3 is 0 Å². The molecule has 74 valence electrons. The van der Waals surface area contributed by atoms with E-state index >= 15 is 0 Å². The number of halogens is 1. The highest BCUT2D eigenvalue weighted by Crippen LogP contribution is 2.18. The second kappa shape index (κ2) is 3.97. The molecule has 0 spiro atoms. The van der Waals surface area contributed by atoms with Crippen LogP contribution in [0.5, 0.6) is 0 Å². The predicted octanol–water partition coefficient (Wildman–Crippen LogP) is 2.07. The Balaban J connectivity index is 4.46. The molecule has 0 aromatic heterocycles. The summed E-state index contributed by atoms with van der Waals surface area (Å²) in [5.41, 5.74) is 0. The quantitative estimate of drug-likeness (QED) is 0.672. The molecule has 0 saturated carbocycles. The molecule has 0 aliphatic carbocycles. The summed E-state index contributed by atoms with van der Waals surface area (Å²) in [6, 6.07) is 0. The third-order valence-electron chi connectivity index (χ3n) is 1.70. The minimum Gasteiger partial charge on any atom is -0.228 e. The fourth-order valence-electron chi connectivity index (χ4n) is 0.669. The highest BCUT2D eigenvalue weighted by atomic mass is 35.5. The van der Waals surface area contributed by atoms with Crippen LogP contribution in [0.25, 0.3) is 0 Å². The van der Waals surface area contributed by atoms with E-state index in [9.17, 15) is 8.42 Å². The molecule has 1 atom stereocenters. The Bertz CT molecular complexity index is 226. The zero-order valence-corrected chi connectivity index (χ0v) is 9.67. The van der Waals surface area contributed by atoms with E-state index in [1.54, 1.807) is 20.8 Å².